The van der Waals surface area contributed by atoms with E-state index in [1.165, 1.54) is 27.3 Å². The third kappa shape index (κ3) is 4.75. The van der Waals surface area contributed by atoms with E-state index in [1.54, 1.807) is 0 Å². The fourth-order valence-corrected chi connectivity index (χ4v) is 8.10. The Hall–Kier alpha value is -7.10. The fourth-order valence-electron chi connectivity index (χ4n) is 8.10. The molecule has 9 aromatic carbocycles. The summed E-state index contributed by atoms with van der Waals surface area (Å²) in [5, 5.41) is 9.16. The maximum absolute atomic E-state index is 6.96. The van der Waals surface area contributed by atoms with Crippen LogP contribution in [0, 0.1) is 0 Å². The summed E-state index contributed by atoms with van der Waals surface area (Å²) < 4.78 is 13.1. The third-order valence-electron chi connectivity index (χ3n) is 10.6. The molecule has 3 heteroatoms. The van der Waals surface area contributed by atoms with Crippen molar-refractivity contribution in [2.45, 2.75) is 0 Å². The van der Waals surface area contributed by atoms with Gasteiger partial charge in [0.15, 0.2) is 5.58 Å². The van der Waals surface area contributed by atoms with Crippen LogP contribution in [0.15, 0.2) is 197 Å². The number of para-hydroxylation sites is 3. The van der Waals surface area contributed by atoms with Gasteiger partial charge in [0.05, 0.1) is 11.4 Å². The van der Waals surface area contributed by atoms with E-state index in [0.717, 1.165) is 77.5 Å². The van der Waals surface area contributed by atoms with Gasteiger partial charge in [0, 0.05) is 38.2 Å². The first-order valence-electron chi connectivity index (χ1n) is 18.0. The van der Waals surface area contributed by atoms with E-state index in [4.69, 9.17) is 8.83 Å². The van der Waals surface area contributed by atoms with Gasteiger partial charge < -0.3 is 13.7 Å². The molecule has 0 aliphatic rings. The molecule has 2 aromatic heterocycles. The second-order valence-corrected chi connectivity index (χ2v) is 13.7. The lowest BCUT2D eigenvalue weighted by Gasteiger charge is -2.27. The summed E-state index contributed by atoms with van der Waals surface area (Å²) in [6.07, 6.45) is 0. The van der Waals surface area contributed by atoms with Crippen molar-refractivity contribution in [3.8, 4) is 22.3 Å². The van der Waals surface area contributed by atoms with Gasteiger partial charge in [0.1, 0.15) is 16.7 Å². The van der Waals surface area contributed by atoms with Gasteiger partial charge in [0.2, 0.25) is 0 Å². The summed E-state index contributed by atoms with van der Waals surface area (Å²) in [5.41, 5.74) is 11.3. The molecule has 248 valence electrons. The Labute approximate surface area is 305 Å². The number of fused-ring (bicyclic) bond motifs is 8. The molecule has 0 aliphatic heterocycles. The summed E-state index contributed by atoms with van der Waals surface area (Å²) in [7, 11) is 0. The predicted octanol–water partition coefficient (Wildman–Crippen LogP) is 14.6. The quantitative estimate of drug-likeness (QED) is 0.182. The van der Waals surface area contributed by atoms with E-state index in [2.05, 4.69) is 181 Å². The Morgan fingerprint density at radius 1 is 0.321 bits per heavy atom. The molecule has 0 saturated heterocycles. The number of benzene rings is 9. The minimum Gasteiger partial charge on any atom is -0.456 e. The first-order chi connectivity index (χ1) is 26.3. The minimum absolute atomic E-state index is 0.858. The van der Waals surface area contributed by atoms with Crippen LogP contribution in [0.3, 0.4) is 0 Å². The maximum atomic E-state index is 6.96. The van der Waals surface area contributed by atoms with E-state index < -0.39 is 0 Å². The molecule has 0 amide bonds. The largest absolute Gasteiger partial charge is 0.456 e. The van der Waals surface area contributed by atoms with Gasteiger partial charge in [-0.3, -0.25) is 0 Å². The van der Waals surface area contributed by atoms with Crippen molar-refractivity contribution in [1.29, 1.82) is 0 Å². The van der Waals surface area contributed by atoms with Crippen molar-refractivity contribution in [1.82, 2.24) is 0 Å². The molecule has 3 nitrogen and oxygen atoms in total. The molecular formula is C50H31NO2. The SMILES string of the molecule is c1ccc(-c2cccc3c2oc2c(N(c4ccc5cc(-c6ccc7oc8ccccc8c7c6)ccc5c4)c4cccc5ccccc45)cccc23)cc1. The van der Waals surface area contributed by atoms with Crippen molar-refractivity contribution in [2.75, 3.05) is 4.90 Å². The van der Waals surface area contributed by atoms with Crippen LogP contribution in [0.1, 0.15) is 0 Å². The average molecular weight is 678 g/mol. The van der Waals surface area contributed by atoms with Gasteiger partial charge in [-0.25, -0.2) is 0 Å². The number of nitrogens with zero attached hydrogens (tertiary/aromatic N) is 1. The zero-order valence-corrected chi connectivity index (χ0v) is 28.7. The van der Waals surface area contributed by atoms with E-state index >= 15 is 0 Å². The van der Waals surface area contributed by atoms with Gasteiger partial charge in [-0.15, -0.1) is 0 Å². The molecule has 53 heavy (non-hydrogen) atoms. The monoisotopic (exact) mass is 677 g/mol. The lowest BCUT2D eigenvalue weighted by atomic mass is 9.99. The second-order valence-electron chi connectivity index (χ2n) is 13.7. The summed E-state index contributed by atoms with van der Waals surface area (Å²) >= 11 is 0. The molecular weight excluding hydrogens is 647 g/mol. The topological polar surface area (TPSA) is 29.5 Å². The molecule has 2 heterocycles. The third-order valence-corrected chi connectivity index (χ3v) is 10.6. The van der Waals surface area contributed by atoms with Crippen LogP contribution in [0.25, 0.3) is 87.7 Å². The van der Waals surface area contributed by atoms with Crippen LogP contribution in [0.5, 0.6) is 0 Å². The van der Waals surface area contributed by atoms with Crippen LogP contribution < -0.4 is 4.90 Å². The second kappa shape index (κ2) is 11.7. The molecule has 0 saturated carbocycles. The zero-order chi connectivity index (χ0) is 34.9. The first-order valence-corrected chi connectivity index (χ1v) is 18.0. The molecule has 0 atom stereocenters. The Bertz CT molecular complexity index is 3180. The molecule has 11 aromatic rings. The van der Waals surface area contributed by atoms with Gasteiger partial charge in [-0.2, -0.15) is 0 Å². The van der Waals surface area contributed by atoms with E-state index in [-0.39, 0.29) is 0 Å². The highest BCUT2D eigenvalue weighted by Gasteiger charge is 2.22. The molecule has 0 radical (unpaired) electrons. The molecule has 11 rings (SSSR count). The maximum Gasteiger partial charge on any atom is 0.159 e. The van der Waals surface area contributed by atoms with E-state index in [1.807, 2.05) is 12.1 Å². The Morgan fingerprint density at radius 2 is 0.962 bits per heavy atom. The average Bonchev–Trinajstić information content (AvgIpc) is 3.80. The van der Waals surface area contributed by atoms with Crippen LogP contribution >= 0.6 is 0 Å². The lowest BCUT2D eigenvalue weighted by molar-refractivity contribution is 0.669. The van der Waals surface area contributed by atoms with Gasteiger partial charge >= 0.3 is 0 Å². The van der Waals surface area contributed by atoms with Gasteiger partial charge in [-0.05, 0) is 81.4 Å². The first kappa shape index (κ1) is 29.6. The summed E-state index contributed by atoms with van der Waals surface area (Å²) in [6, 6.07) is 66.8. The molecule has 0 N–H and O–H groups in total. The molecule has 0 bridgehead atoms. The van der Waals surface area contributed by atoms with Gasteiger partial charge in [0.25, 0.3) is 0 Å². The molecule has 0 unspecified atom stereocenters. The molecule has 0 fully saturated rings. The minimum atomic E-state index is 0.858. The summed E-state index contributed by atoms with van der Waals surface area (Å²) in [6.45, 7) is 0. The van der Waals surface area contributed by atoms with Crippen LogP contribution in [0.2, 0.25) is 0 Å². The van der Waals surface area contributed by atoms with E-state index in [9.17, 15) is 0 Å². The number of rotatable bonds is 5. The molecule has 0 aliphatic carbocycles. The van der Waals surface area contributed by atoms with Crippen molar-refractivity contribution in [3.63, 3.8) is 0 Å². The van der Waals surface area contributed by atoms with Crippen LogP contribution in [-0.2, 0) is 0 Å². The van der Waals surface area contributed by atoms with Crippen LogP contribution in [-0.4, -0.2) is 0 Å². The number of anilines is 3. The Balaban J connectivity index is 1.09. The molecule has 0 spiro atoms. The summed E-state index contributed by atoms with van der Waals surface area (Å²) in [5.74, 6) is 0. The normalized spacial score (nSPS) is 11.8. The number of hydrogen-bond acceptors (Lipinski definition) is 3. The zero-order valence-electron chi connectivity index (χ0n) is 28.7. The highest BCUT2D eigenvalue weighted by Crippen LogP contribution is 2.46. The smallest absolute Gasteiger partial charge is 0.159 e. The lowest BCUT2D eigenvalue weighted by Crippen LogP contribution is -2.10. The van der Waals surface area contributed by atoms with Crippen molar-refractivity contribution < 1.29 is 8.83 Å². The highest BCUT2D eigenvalue weighted by atomic mass is 16.3. The van der Waals surface area contributed by atoms with Crippen molar-refractivity contribution in [3.05, 3.63) is 188 Å². The number of hydrogen-bond donors (Lipinski definition) is 0. The fraction of sp³-hybridized carbons (Fsp3) is 0. The summed E-state index contributed by atoms with van der Waals surface area (Å²) in [4.78, 5) is 2.36. The van der Waals surface area contributed by atoms with Crippen LogP contribution in [0.4, 0.5) is 17.1 Å². The Kier molecular flexibility index (Phi) is 6.55. The van der Waals surface area contributed by atoms with Gasteiger partial charge in [-0.1, -0.05) is 140 Å². The van der Waals surface area contributed by atoms with Crippen molar-refractivity contribution in [2.24, 2.45) is 0 Å². The standard InChI is InChI=1S/C50H31NO2/c1-2-11-33(12-3-1)40-17-9-18-42-43-19-10-21-46(50(43)53-49(40)42)51(45-20-8-14-32-13-4-5-15-39(32)45)38-27-25-35-29-34(23-24-36(35)30-38)37-26-28-48-44(31-37)41-16-6-7-22-47(41)52-48/h1-31H. The Morgan fingerprint density at radius 3 is 1.89 bits per heavy atom. The number of furan rings is 2. The van der Waals surface area contributed by atoms with E-state index in [0.29, 0.717) is 0 Å². The highest BCUT2D eigenvalue weighted by molar-refractivity contribution is 6.14. The predicted molar refractivity (Wildman–Crippen MR) is 222 cm³/mol. The van der Waals surface area contributed by atoms with Crippen molar-refractivity contribution >= 4 is 82.5 Å².